The molecule has 1 unspecified atom stereocenters. The Labute approximate surface area is 295 Å². The van der Waals surface area contributed by atoms with Gasteiger partial charge in [0.05, 0.1) is 20.3 Å². The molecule has 1 heterocycles. The topological polar surface area (TPSA) is 86.7 Å². The molecule has 2 aromatic rings. The highest BCUT2D eigenvalue weighted by molar-refractivity contribution is 5.83. The fourth-order valence-electron chi connectivity index (χ4n) is 8.63. The molecule has 49 heavy (non-hydrogen) atoms. The summed E-state index contributed by atoms with van der Waals surface area (Å²) in [6, 6.07) is 16.8. The minimum atomic E-state index is -0.649. The number of ether oxygens (including phenoxy) is 2. The van der Waals surface area contributed by atoms with E-state index in [1.165, 1.54) is 17.5 Å². The lowest BCUT2D eigenvalue weighted by atomic mass is 9.48. The maximum absolute atomic E-state index is 14.0. The number of hydrogen-bond acceptors (Lipinski definition) is 8. The Morgan fingerprint density at radius 1 is 1.06 bits per heavy atom. The predicted octanol–water partition coefficient (Wildman–Crippen LogP) is 5.50. The Bertz CT molecular complexity index is 1340. The summed E-state index contributed by atoms with van der Waals surface area (Å²) in [5, 5.41) is 15.4. The zero-order valence-corrected chi connectivity index (χ0v) is 31.2. The highest BCUT2D eigenvalue weighted by Gasteiger charge is 2.54. The van der Waals surface area contributed by atoms with Crippen molar-refractivity contribution in [2.45, 2.75) is 110 Å². The number of carbonyl (C=O) groups is 1. The fourth-order valence-corrected chi connectivity index (χ4v) is 8.63. The Kier molecular flexibility index (Phi) is 12.8. The second-order valence-electron chi connectivity index (χ2n) is 16.0. The summed E-state index contributed by atoms with van der Waals surface area (Å²) >= 11 is 0. The molecule has 1 amide bonds. The number of likely N-dealkylation sites (N-methyl/N-ethyl adjacent to an activating group) is 1. The van der Waals surface area contributed by atoms with E-state index in [9.17, 15) is 9.90 Å². The van der Waals surface area contributed by atoms with Gasteiger partial charge < -0.3 is 24.8 Å². The zero-order chi connectivity index (χ0) is 35.3. The molecule has 4 fully saturated rings. The monoisotopic (exact) mass is 678 g/mol. The molecule has 1 saturated heterocycles. The predicted molar refractivity (Wildman–Crippen MR) is 194 cm³/mol. The number of carbonyl (C=O) groups excluding carboxylic acids is 1. The minimum absolute atomic E-state index is 0.0714. The average molecular weight is 679 g/mol. The van der Waals surface area contributed by atoms with Crippen molar-refractivity contribution in [2.75, 3.05) is 41.0 Å². The number of hydroxylamine groups is 2. The molecular formula is C40H62N4O5. The van der Waals surface area contributed by atoms with Crippen molar-refractivity contribution in [3.05, 3.63) is 65.2 Å². The smallest absolute Gasteiger partial charge is 0.242 e. The lowest BCUT2D eigenvalue weighted by molar-refractivity contribution is -0.183. The minimum Gasteiger partial charge on any atom is -0.496 e. The molecule has 7 atom stereocenters. The number of nitrogens with one attached hydrogen (secondary N) is 1. The summed E-state index contributed by atoms with van der Waals surface area (Å²) in [7, 11) is 6.03. The Balaban J connectivity index is 1.35. The van der Waals surface area contributed by atoms with E-state index in [0.29, 0.717) is 42.4 Å². The molecular weight excluding hydrogens is 616 g/mol. The first-order valence-electron chi connectivity index (χ1n) is 18.5. The molecule has 272 valence electrons. The van der Waals surface area contributed by atoms with Crippen molar-refractivity contribution in [2.24, 2.45) is 23.2 Å². The molecule has 3 aliphatic carbocycles. The zero-order valence-electron chi connectivity index (χ0n) is 31.2. The van der Waals surface area contributed by atoms with Crippen molar-refractivity contribution >= 4 is 5.91 Å². The van der Waals surface area contributed by atoms with Gasteiger partial charge in [0.2, 0.25) is 5.91 Å². The summed E-state index contributed by atoms with van der Waals surface area (Å²) in [6.07, 6.45) is 3.23. The maximum atomic E-state index is 14.0. The van der Waals surface area contributed by atoms with Gasteiger partial charge in [-0.2, -0.15) is 5.06 Å². The van der Waals surface area contributed by atoms with E-state index in [1.54, 1.807) is 12.2 Å². The van der Waals surface area contributed by atoms with Gasteiger partial charge in [-0.15, -0.1) is 0 Å². The van der Waals surface area contributed by atoms with Crippen LogP contribution in [0.25, 0.3) is 0 Å². The molecule has 2 bridgehead atoms. The van der Waals surface area contributed by atoms with Gasteiger partial charge >= 0.3 is 0 Å². The number of benzene rings is 2. The molecule has 2 aromatic carbocycles. The van der Waals surface area contributed by atoms with Crippen LogP contribution in [-0.2, 0) is 34.0 Å². The third-order valence-electron chi connectivity index (χ3n) is 11.3. The van der Waals surface area contributed by atoms with Crippen LogP contribution in [0.1, 0.15) is 77.0 Å². The number of amides is 1. The van der Waals surface area contributed by atoms with E-state index in [0.717, 1.165) is 50.2 Å². The Hall–Kier alpha value is -2.53. The third kappa shape index (κ3) is 9.04. The lowest BCUT2D eigenvalue weighted by Gasteiger charge is -2.59. The molecule has 9 nitrogen and oxygen atoms in total. The standard InChI is InChI=1S/C40H62N4O5/c1-9-48-38-36(26-45)49-44(37(38)39(46)41-33-20-31-19-32(21-33)40(31,4)5)23-29-14-12-13-28(18-29)22-43(34(17-27(2)3)25-42(6)7)24-30-15-10-11-16-35(30)47-8/h10-16,18,27,31-34,36-38,45H,9,17,19-26H2,1-8H3,(H,41,46)/t31-,32+,33?,34-,36-,37-,38+/m0/s1. The van der Waals surface area contributed by atoms with Crippen LogP contribution in [0.2, 0.25) is 0 Å². The number of fused-ring (bicyclic) bond motifs is 2. The SMILES string of the molecule is CCO[C@@H]1[C@H](CO)ON(Cc2cccc(CN(Cc3ccccc3OC)[C@@H](CC(C)C)CN(C)C)c2)[C@@H]1C(=O)NC1C[C@@H]2C[C@H](C1)C2(C)C. The van der Waals surface area contributed by atoms with Crippen LogP contribution in [-0.4, -0.2) is 97.2 Å². The van der Waals surface area contributed by atoms with Crippen molar-refractivity contribution in [1.29, 1.82) is 0 Å². The van der Waals surface area contributed by atoms with Crippen LogP contribution in [0.4, 0.5) is 0 Å². The van der Waals surface area contributed by atoms with Crippen LogP contribution in [0.5, 0.6) is 5.75 Å². The molecule has 0 radical (unpaired) electrons. The highest BCUT2D eigenvalue weighted by atomic mass is 16.7. The van der Waals surface area contributed by atoms with Gasteiger partial charge in [0.25, 0.3) is 0 Å². The largest absolute Gasteiger partial charge is 0.496 e. The van der Waals surface area contributed by atoms with E-state index in [4.69, 9.17) is 14.3 Å². The van der Waals surface area contributed by atoms with Crippen LogP contribution >= 0.6 is 0 Å². The third-order valence-corrected chi connectivity index (χ3v) is 11.3. The van der Waals surface area contributed by atoms with Crippen molar-refractivity contribution < 1.29 is 24.2 Å². The first-order valence-corrected chi connectivity index (χ1v) is 18.5. The van der Waals surface area contributed by atoms with Crippen molar-refractivity contribution in [3.8, 4) is 5.75 Å². The first kappa shape index (κ1) is 37.7. The van der Waals surface area contributed by atoms with E-state index in [1.807, 2.05) is 19.1 Å². The van der Waals surface area contributed by atoms with E-state index >= 15 is 0 Å². The Morgan fingerprint density at radius 2 is 1.78 bits per heavy atom. The number of nitrogens with zero attached hydrogens (tertiary/aromatic N) is 3. The van der Waals surface area contributed by atoms with Crippen LogP contribution in [0, 0.1) is 23.2 Å². The van der Waals surface area contributed by atoms with E-state index in [2.05, 4.69) is 93.3 Å². The van der Waals surface area contributed by atoms with Crippen molar-refractivity contribution in [3.63, 3.8) is 0 Å². The van der Waals surface area contributed by atoms with Gasteiger partial charge in [0.1, 0.15) is 24.0 Å². The average Bonchev–Trinajstić information content (AvgIpc) is 3.40. The number of hydrogen-bond donors (Lipinski definition) is 2. The highest BCUT2D eigenvalue weighted by Crippen LogP contribution is 2.59. The molecule has 3 saturated carbocycles. The summed E-state index contributed by atoms with van der Waals surface area (Å²) in [5.74, 6) is 2.70. The molecule has 1 aliphatic heterocycles. The van der Waals surface area contributed by atoms with Gasteiger partial charge in [-0.25, -0.2) is 0 Å². The van der Waals surface area contributed by atoms with Crippen LogP contribution in [0.3, 0.4) is 0 Å². The first-order chi connectivity index (χ1) is 23.4. The van der Waals surface area contributed by atoms with Crippen molar-refractivity contribution in [1.82, 2.24) is 20.2 Å². The Morgan fingerprint density at radius 3 is 2.41 bits per heavy atom. The summed E-state index contributed by atoms with van der Waals surface area (Å²) in [4.78, 5) is 25.2. The van der Waals surface area contributed by atoms with Crippen LogP contribution < -0.4 is 10.1 Å². The van der Waals surface area contributed by atoms with Gasteiger partial charge in [0, 0.05) is 43.9 Å². The number of para-hydroxylation sites is 1. The molecule has 0 aromatic heterocycles. The summed E-state index contributed by atoms with van der Waals surface area (Å²) in [6.45, 7) is 14.4. The molecule has 9 heteroatoms. The van der Waals surface area contributed by atoms with Gasteiger partial charge in [-0.3, -0.25) is 14.5 Å². The molecule has 0 spiro atoms. The van der Waals surface area contributed by atoms with Crippen LogP contribution in [0.15, 0.2) is 48.5 Å². The number of aliphatic hydroxyl groups is 1. The second-order valence-corrected chi connectivity index (χ2v) is 16.0. The van der Waals surface area contributed by atoms with Gasteiger partial charge in [-0.1, -0.05) is 70.2 Å². The fraction of sp³-hybridized carbons (Fsp3) is 0.675. The normalized spacial score (nSPS) is 27.0. The summed E-state index contributed by atoms with van der Waals surface area (Å²) < 4.78 is 11.8. The lowest BCUT2D eigenvalue weighted by Crippen LogP contribution is -2.58. The molecule has 4 aliphatic rings. The maximum Gasteiger partial charge on any atom is 0.242 e. The quantitative estimate of drug-likeness (QED) is 0.227. The molecule has 2 N–H and O–H groups in total. The van der Waals surface area contributed by atoms with Gasteiger partial charge in [-0.05, 0) is 87.1 Å². The number of aliphatic hydroxyl groups excluding tert-OH is 1. The second kappa shape index (κ2) is 16.7. The molecule has 6 rings (SSSR count). The summed E-state index contributed by atoms with van der Waals surface area (Å²) in [5.41, 5.74) is 3.79. The number of methoxy groups -OCH3 is 1. The van der Waals surface area contributed by atoms with E-state index in [-0.39, 0.29) is 18.6 Å². The van der Waals surface area contributed by atoms with E-state index < -0.39 is 18.2 Å². The number of rotatable bonds is 17. The van der Waals surface area contributed by atoms with Gasteiger partial charge in [0.15, 0.2) is 0 Å².